The fraction of sp³-hybridized carbons (Fsp3) is 0.643. The molecule has 0 aliphatic carbocycles. The molecule has 1 heterocycles. The van der Waals surface area contributed by atoms with Crippen molar-refractivity contribution < 1.29 is 0 Å². The van der Waals surface area contributed by atoms with E-state index in [4.69, 9.17) is 0 Å². The zero-order chi connectivity index (χ0) is 13.4. The topological polar surface area (TPSA) is 32.6 Å². The van der Waals surface area contributed by atoms with Gasteiger partial charge in [0.1, 0.15) is 0 Å². The molecule has 0 amide bonds. The minimum atomic E-state index is 0. The van der Waals surface area contributed by atoms with E-state index in [-0.39, 0.29) is 24.0 Å². The van der Waals surface area contributed by atoms with Crippen LogP contribution >= 0.6 is 24.0 Å². The van der Waals surface area contributed by atoms with Crippen molar-refractivity contribution in [1.82, 2.24) is 14.8 Å². The second kappa shape index (κ2) is 10.1. The second-order valence-corrected chi connectivity index (χ2v) is 4.65. The Balaban J connectivity index is 0.00000324. The van der Waals surface area contributed by atoms with Crippen molar-refractivity contribution in [1.29, 1.82) is 0 Å². The van der Waals surface area contributed by atoms with E-state index in [1.54, 1.807) is 0 Å². The summed E-state index contributed by atoms with van der Waals surface area (Å²) >= 11 is 0. The second-order valence-electron chi connectivity index (χ2n) is 4.65. The van der Waals surface area contributed by atoms with Gasteiger partial charge in [0.25, 0.3) is 0 Å². The average molecular weight is 378 g/mol. The molecule has 5 heteroatoms. The number of halogens is 1. The van der Waals surface area contributed by atoms with Crippen LogP contribution in [0.3, 0.4) is 0 Å². The number of unbranched alkanes of at least 4 members (excludes halogenated alkanes) is 2. The van der Waals surface area contributed by atoms with Crippen molar-refractivity contribution in [3.63, 3.8) is 0 Å². The summed E-state index contributed by atoms with van der Waals surface area (Å²) < 4.78 is 2.14. The standard InChI is InChI=1S/C14H26N4.HI/c1-5-6-7-10-16-14(15-2)18(4)12-13-9-8-11-17(13)3;/h8-9,11H,5-7,10,12H2,1-4H3,(H,15,16);1H. The molecular formula is C14H27IN4. The molecule has 19 heavy (non-hydrogen) atoms. The molecule has 1 rings (SSSR count). The largest absolute Gasteiger partial charge is 0.356 e. The van der Waals surface area contributed by atoms with Crippen molar-refractivity contribution >= 4 is 29.9 Å². The van der Waals surface area contributed by atoms with Crippen molar-refractivity contribution in [3.8, 4) is 0 Å². The van der Waals surface area contributed by atoms with E-state index in [1.165, 1.54) is 25.0 Å². The van der Waals surface area contributed by atoms with Crippen molar-refractivity contribution in [2.75, 3.05) is 20.6 Å². The molecule has 0 fully saturated rings. The third-order valence-electron chi connectivity index (χ3n) is 3.09. The van der Waals surface area contributed by atoms with E-state index in [1.807, 2.05) is 7.05 Å². The van der Waals surface area contributed by atoms with Crippen LogP contribution in [0.2, 0.25) is 0 Å². The molecule has 0 spiro atoms. The first kappa shape index (κ1) is 18.3. The molecule has 0 atom stereocenters. The van der Waals surface area contributed by atoms with Crippen LogP contribution in [0.25, 0.3) is 0 Å². The van der Waals surface area contributed by atoms with Crippen LogP contribution < -0.4 is 5.32 Å². The van der Waals surface area contributed by atoms with Gasteiger partial charge in [0.2, 0.25) is 0 Å². The van der Waals surface area contributed by atoms with Crippen LogP contribution in [0.4, 0.5) is 0 Å². The van der Waals surface area contributed by atoms with Crippen LogP contribution in [0.5, 0.6) is 0 Å². The molecule has 0 saturated carbocycles. The van der Waals surface area contributed by atoms with E-state index in [9.17, 15) is 0 Å². The summed E-state index contributed by atoms with van der Waals surface area (Å²) in [6.45, 7) is 4.09. The SMILES string of the molecule is CCCCCNC(=NC)N(C)Cc1cccn1C.I. The number of hydrogen-bond acceptors (Lipinski definition) is 1. The van der Waals surface area contributed by atoms with Gasteiger partial charge in [-0.05, 0) is 18.6 Å². The molecule has 0 saturated heterocycles. The molecule has 0 aliphatic heterocycles. The summed E-state index contributed by atoms with van der Waals surface area (Å²) in [6.07, 6.45) is 5.79. The number of nitrogens with one attached hydrogen (secondary N) is 1. The summed E-state index contributed by atoms with van der Waals surface area (Å²) in [5, 5.41) is 3.40. The van der Waals surface area contributed by atoms with Crippen molar-refractivity contribution in [2.24, 2.45) is 12.0 Å². The van der Waals surface area contributed by atoms with Gasteiger partial charge in [0, 0.05) is 39.6 Å². The van der Waals surface area contributed by atoms with Crippen LogP contribution in [0.1, 0.15) is 31.9 Å². The Labute approximate surface area is 134 Å². The number of aromatic nitrogens is 1. The number of hydrogen-bond donors (Lipinski definition) is 1. The van der Waals surface area contributed by atoms with Gasteiger partial charge in [0.05, 0.1) is 6.54 Å². The van der Waals surface area contributed by atoms with Crippen molar-refractivity contribution in [3.05, 3.63) is 24.0 Å². The Bertz CT molecular complexity index is 373. The van der Waals surface area contributed by atoms with E-state index < -0.39 is 0 Å². The summed E-state index contributed by atoms with van der Waals surface area (Å²) in [5.74, 6) is 0.965. The maximum atomic E-state index is 4.32. The number of aryl methyl sites for hydroxylation is 1. The molecule has 0 radical (unpaired) electrons. The molecule has 110 valence electrons. The quantitative estimate of drug-likeness (QED) is 0.357. The van der Waals surface area contributed by atoms with E-state index in [0.29, 0.717) is 0 Å². The first-order valence-electron chi connectivity index (χ1n) is 6.71. The maximum absolute atomic E-state index is 4.32. The summed E-state index contributed by atoms with van der Waals surface area (Å²) in [7, 11) is 5.98. The lowest BCUT2D eigenvalue weighted by Crippen LogP contribution is -2.39. The zero-order valence-electron chi connectivity index (χ0n) is 12.5. The maximum Gasteiger partial charge on any atom is 0.193 e. The van der Waals surface area contributed by atoms with E-state index in [2.05, 4.69) is 59.1 Å². The number of aliphatic imine (C=N–C) groups is 1. The Morgan fingerprint density at radius 3 is 2.68 bits per heavy atom. The minimum Gasteiger partial charge on any atom is -0.356 e. The predicted molar refractivity (Wildman–Crippen MR) is 93.2 cm³/mol. The first-order chi connectivity index (χ1) is 8.69. The Morgan fingerprint density at radius 2 is 2.16 bits per heavy atom. The van der Waals surface area contributed by atoms with Gasteiger partial charge < -0.3 is 14.8 Å². The van der Waals surface area contributed by atoms with E-state index in [0.717, 1.165) is 19.0 Å². The number of guanidine groups is 1. The Kier molecular flexibility index (Phi) is 9.73. The van der Waals surface area contributed by atoms with Gasteiger partial charge in [-0.2, -0.15) is 0 Å². The average Bonchev–Trinajstić information content (AvgIpc) is 2.75. The number of rotatable bonds is 6. The lowest BCUT2D eigenvalue weighted by atomic mass is 10.2. The van der Waals surface area contributed by atoms with Gasteiger partial charge in [-0.15, -0.1) is 24.0 Å². The van der Waals surface area contributed by atoms with Crippen molar-refractivity contribution in [2.45, 2.75) is 32.7 Å². The molecule has 4 nitrogen and oxygen atoms in total. The molecule has 0 aliphatic rings. The van der Waals surface area contributed by atoms with Gasteiger partial charge in [-0.25, -0.2) is 0 Å². The molecule has 0 aromatic carbocycles. The number of nitrogens with zero attached hydrogens (tertiary/aromatic N) is 3. The Hall–Kier alpha value is -0.720. The van der Waals surface area contributed by atoms with Crippen LogP contribution in [-0.4, -0.2) is 36.1 Å². The summed E-state index contributed by atoms with van der Waals surface area (Å²) in [6, 6.07) is 4.21. The molecule has 1 aromatic rings. The zero-order valence-corrected chi connectivity index (χ0v) is 14.8. The highest BCUT2D eigenvalue weighted by Crippen LogP contribution is 2.03. The molecular weight excluding hydrogens is 351 g/mol. The fourth-order valence-corrected chi connectivity index (χ4v) is 1.94. The van der Waals surface area contributed by atoms with Crippen LogP contribution in [-0.2, 0) is 13.6 Å². The summed E-state index contributed by atoms with van der Waals surface area (Å²) in [5.41, 5.74) is 1.29. The molecule has 0 unspecified atom stereocenters. The smallest absolute Gasteiger partial charge is 0.193 e. The molecule has 1 N–H and O–H groups in total. The molecule has 0 bridgehead atoms. The normalized spacial score (nSPS) is 11.1. The van der Waals surface area contributed by atoms with Crippen LogP contribution in [0.15, 0.2) is 23.3 Å². The lowest BCUT2D eigenvalue weighted by Gasteiger charge is -2.22. The first-order valence-corrected chi connectivity index (χ1v) is 6.71. The highest BCUT2D eigenvalue weighted by Gasteiger charge is 2.07. The predicted octanol–water partition coefficient (Wildman–Crippen LogP) is 2.84. The highest BCUT2D eigenvalue weighted by molar-refractivity contribution is 14.0. The third kappa shape index (κ3) is 6.31. The third-order valence-corrected chi connectivity index (χ3v) is 3.09. The van der Waals surface area contributed by atoms with Gasteiger partial charge in [-0.3, -0.25) is 4.99 Å². The Morgan fingerprint density at radius 1 is 1.42 bits per heavy atom. The monoisotopic (exact) mass is 378 g/mol. The summed E-state index contributed by atoms with van der Waals surface area (Å²) in [4.78, 5) is 6.47. The fourth-order valence-electron chi connectivity index (χ4n) is 1.94. The minimum absolute atomic E-state index is 0. The van der Waals surface area contributed by atoms with Gasteiger partial charge >= 0.3 is 0 Å². The lowest BCUT2D eigenvalue weighted by molar-refractivity contribution is 0.460. The van der Waals surface area contributed by atoms with E-state index >= 15 is 0 Å². The van der Waals surface area contributed by atoms with Crippen LogP contribution in [0, 0.1) is 0 Å². The van der Waals surface area contributed by atoms with Gasteiger partial charge in [-0.1, -0.05) is 19.8 Å². The van der Waals surface area contributed by atoms with Gasteiger partial charge in [0.15, 0.2) is 5.96 Å². The highest BCUT2D eigenvalue weighted by atomic mass is 127. The molecule has 1 aromatic heterocycles.